The summed E-state index contributed by atoms with van der Waals surface area (Å²) in [5, 5.41) is 10.3. The molecule has 13 heavy (non-hydrogen) atoms. The van der Waals surface area contributed by atoms with Crippen LogP contribution in [0.3, 0.4) is 0 Å². The molecule has 0 amide bonds. The van der Waals surface area contributed by atoms with Gasteiger partial charge >= 0.3 is 0 Å². The molecule has 1 saturated heterocycles. The molecule has 1 atom stereocenters. The van der Waals surface area contributed by atoms with Crippen molar-refractivity contribution in [2.24, 2.45) is 0 Å². The van der Waals surface area contributed by atoms with Crippen molar-refractivity contribution in [2.75, 3.05) is 33.4 Å². The molecule has 1 heterocycles. The van der Waals surface area contributed by atoms with Crippen molar-refractivity contribution in [3.63, 3.8) is 0 Å². The summed E-state index contributed by atoms with van der Waals surface area (Å²) < 4.78 is 4.95. The molecule has 76 valence electrons. The lowest BCUT2D eigenvalue weighted by Crippen LogP contribution is -2.37. The monoisotopic (exact) mass is 188 g/mol. The Morgan fingerprint density at radius 2 is 2.46 bits per heavy atom. The molecule has 0 saturated carbocycles. The first kappa shape index (κ1) is 10.4. The zero-order valence-electron chi connectivity index (χ0n) is 7.94. The third-order valence-electron chi connectivity index (χ3n) is 2.44. The van der Waals surface area contributed by atoms with E-state index in [2.05, 4.69) is 4.90 Å². The summed E-state index contributed by atoms with van der Waals surface area (Å²) in [7, 11) is 1.65. The average molecular weight is 188 g/mol. The van der Waals surface area contributed by atoms with Gasteiger partial charge in [0.15, 0.2) is 0 Å². The molecular weight excluding hydrogens is 172 g/mol. The molecule has 0 aromatic carbocycles. The minimum absolute atomic E-state index is 0.0731. The molecular formula is C8H16N2O3. The van der Waals surface area contributed by atoms with Gasteiger partial charge < -0.3 is 4.74 Å². The predicted molar refractivity (Wildman–Crippen MR) is 48.3 cm³/mol. The second-order valence-corrected chi connectivity index (χ2v) is 3.34. The van der Waals surface area contributed by atoms with Crippen molar-refractivity contribution in [1.29, 1.82) is 0 Å². The highest BCUT2D eigenvalue weighted by Crippen LogP contribution is 2.16. The zero-order valence-corrected chi connectivity index (χ0v) is 7.94. The molecule has 1 aliphatic rings. The first-order valence-corrected chi connectivity index (χ1v) is 4.59. The van der Waals surface area contributed by atoms with E-state index in [4.69, 9.17) is 4.74 Å². The summed E-state index contributed by atoms with van der Waals surface area (Å²) in [6.07, 6.45) is 2.02. The Balaban J connectivity index is 2.30. The quantitative estimate of drug-likeness (QED) is 0.462. The number of hydrogen-bond acceptors (Lipinski definition) is 4. The van der Waals surface area contributed by atoms with Gasteiger partial charge in [-0.15, -0.1) is 0 Å². The minimum atomic E-state index is -0.226. The lowest BCUT2D eigenvalue weighted by Gasteiger charge is -2.20. The number of nitro groups is 1. The zero-order chi connectivity index (χ0) is 9.68. The number of hydrogen-bond donors (Lipinski definition) is 0. The lowest BCUT2D eigenvalue weighted by molar-refractivity contribution is -0.486. The van der Waals surface area contributed by atoms with Crippen LogP contribution in [0.4, 0.5) is 0 Å². The van der Waals surface area contributed by atoms with E-state index in [1.165, 1.54) is 0 Å². The van der Waals surface area contributed by atoms with Gasteiger partial charge in [0.25, 0.3) is 0 Å². The van der Waals surface area contributed by atoms with E-state index >= 15 is 0 Å². The van der Waals surface area contributed by atoms with E-state index in [9.17, 15) is 10.1 Å². The molecule has 0 spiro atoms. The van der Waals surface area contributed by atoms with Crippen LogP contribution in [0.1, 0.15) is 12.8 Å². The predicted octanol–water partition coefficient (Wildman–Crippen LogP) is 0.374. The van der Waals surface area contributed by atoms with E-state index in [-0.39, 0.29) is 17.5 Å². The highest BCUT2D eigenvalue weighted by Gasteiger charge is 2.27. The summed E-state index contributed by atoms with van der Waals surface area (Å²) in [4.78, 5) is 12.2. The molecule has 0 aromatic heterocycles. The Bertz CT molecular complexity index is 175. The first-order chi connectivity index (χ1) is 6.24. The smallest absolute Gasteiger partial charge is 0.219 e. The van der Waals surface area contributed by atoms with E-state index < -0.39 is 0 Å². The molecule has 1 fully saturated rings. The standard InChI is InChI=1S/C8H16N2O3/c1-13-6-5-9-4-2-3-8(9)7-10(11)12/h8H,2-7H2,1H3/t8-/m0/s1. The summed E-state index contributed by atoms with van der Waals surface area (Å²) >= 11 is 0. The second-order valence-electron chi connectivity index (χ2n) is 3.34. The Morgan fingerprint density at radius 3 is 3.08 bits per heavy atom. The Hall–Kier alpha value is -0.680. The molecule has 0 unspecified atom stereocenters. The van der Waals surface area contributed by atoms with E-state index in [1.807, 2.05) is 0 Å². The van der Waals surface area contributed by atoms with Crippen LogP contribution in [0.15, 0.2) is 0 Å². The number of ether oxygens (including phenoxy) is 1. The number of rotatable bonds is 5. The van der Waals surface area contributed by atoms with Gasteiger partial charge in [-0.25, -0.2) is 0 Å². The van der Waals surface area contributed by atoms with Gasteiger partial charge in [-0.3, -0.25) is 15.0 Å². The van der Waals surface area contributed by atoms with Crippen LogP contribution in [0.25, 0.3) is 0 Å². The van der Waals surface area contributed by atoms with E-state index in [0.29, 0.717) is 6.61 Å². The molecule has 1 rings (SSSR count). The van der Waals surface area contributed by atoms with Crippen LogP contribution < -0.4 is 0 Å². The van der Waals surface area contributed by atoms with Crippen molar-refractivity contribution in [2.45, 2.75) is 18.9 Å². The maximum atomic E-state index is 10.3. The Labute approximate surface area is 77.8 Å². The maximum Gasteiger partial charge on any atom is 0.219 e. The Kier molecular flexibility index (Phi) is 4.11. The third kappa shape index (κ3) is 3.28. The molecule has 0 radical (unpaired) electrons. The largest absolute Gasteiger partial charge is 0.383 e. The van der Waals surface area contributed by atoms with Crippen LogP contribution in [-0.4, -0.2) is 49.2 Å². The highest BCUT2D eigenvalue weighted by molar-refractivity contribution is 4.78. The van der Waals surface area contributed by atoms with Crippen LogP contribution in [0.2, 0.25) is 0 Å². The van der Waals surface area contributed by atoms with Crippen LogP contribution >= 0.6 is 0 Å². The van der Waals surface area contributed by atoms with Gasteiger partial charge in [0.2, 0.25) is 6.54 Å². The van der Waals surface area contributed by atoms with Gasteiger partial charge in [0, 0.05) is 18.6 Å². The summed E-state index contributed by atoms with van der Waals surface area (Å²) in [6, 6.07) is 0.130. The fourth-order valence-corrected chi connectivity index (χ4v) is 1.78. The fraction of sp³-hybridized carbons (Fsp3) is 1.00. The number of likely N-dealkylation sites (tertiary alicyclic amines) is 1. The van der Waals surface area contributed by atoms with Crippen molar-refractivity contribution in [1.82, 2.24) is 4.90 Å². The lowest BCUT2D eigenvalue weighted by atomic mass is 10.2. The van der Waals surface area contributed by atoms with Gasteiger partial charge in [-0.2, -0.15) is 0 Å². The molecule has 0 bridgehead atoms. The fourth-order valence-electron chi connectivity index (χ4n) is 1.78. The van der Waals surface area contributed by atoms with Crippen molar-refractivity contribution >= 4 is 0 Å². The normalized spacial score (nSPS) is 23.6. The number of methoxy groups -OCH3 is 1. The van der Waals surface area contributed by atoms with E-state index in [0.717, 1.165) is 25.9 Å². The third-order valence-corrected chi connectivity index (χ3v) is 2.44. The van der Waals surface area contributed by atoms with Crippen LogP contribution in [-0.2, 0) is 4.74 Å². The molecule has 0 N–H and O–H groups in total. The van der Waals surface area contributed by atoms with E-state index in [1.54, 1.807) is 7.11 Å². The van der Waals surface area contributed by atoms with Gasteiger partial charge in [0.1, 0.15) is 0 Å². The highest BCUT2D eigenvalue weighted by atomic mass is 16.6. The average Bonchev–Trinajstić information content (AvgIpc) is 2.48. The van der Waals surface area contributed by atoms with Crippen molar-refractivity contribution in [3.05, 3.63) is 10.1 Å². The minimum Gasteiger partial charge on any atom is -0.383 e. The van der Waals surface area contributed by atoms with Gasteiger partial charge in [0.05, 0.1) is 12.6 Å². The molecule has 1 aliphatic heterocycles. The van der Waals surface area contributed by atoms with Gasteiger partial charge in [-0.1, -0.05) is 0 Å². The summed E-state index contributed by atoms with van der Waals surface area (Å²) in [5.41, 5.74) is 0. The van der Waals surface area contributed by atoms with Crippen molar-refractivity contribution in [3.8, 4) is 0 Å². The van der Waals surface area contributed by atoms with Crippen LogP contribution in [0, 0.1) is 10.1 Å². The summed E-state index contributed by atoms with van der Waals surface area (Å²) in [5.74, 6) is 0. The SMILES string of the molecule is COCCN1CCC[C@H]1C[N+](=O)[O-]. The molecule has 5 heteroatoms. The number of nitrogens with zero attached hydrogens (tertiary/aromatic N) is 2. The van der Waals surface area contributed by atoms with Crippen LogP contribution in [0.5, 0.6) is 0 Å². The molecule has 5 nitrogen and oxygen atoms in total. The molecule has 0 aliphatic carbocycles. The van der Waals surface area contributed by atoms with Crippen molar-refractivity contribution < 1.29 is 9.66 Å². The molecule has 0 aromatic rings. The summed E-state index contributed by atoms with van der Waals surface area (Å²) in [6.45, 7) is 2.52. The first-order valence-electron chi connectivity index (χ1n) is 4.59. The second kappa shape index (κ2) is 5.14. The van der Waals surface area contributed by atoms with Gasteiger partial charge in [-0.05, 0) is 19.4 Å². The maximum absolute atomic E-state index is 10.3. The topological polar surface area (TPSA) is 55.6 Å². The Morgan fingerprint density at radius 1 is 1.69 bits per heavy atom.